The van der Waals surface area contributed by atoms with Crippen molar-refractivity contribution >= 4 is 11.6 Å². The highest BCUT2D eigenvalue weighted by Crippen LogP contribution is 2.32. The molecule has 0 aromatic heterocycles. The van der Waals surface area contributed by atoms with Gasteiger partial charge in [-0.1, -0.05) is 12.1 Å². The minimum Gasteiger partial charge on any atom is -0.454 e. The van der Waals surface area contributed by atoms with Crippen LogP contribution in [0.25, 0.3) is 0 Å². The minimum atomic E-state index is 0.0434. The summed E-state index contributed by atoms with van der Waals surface area (Å²) in [5.74, 6) is 1.39. The average Bonchev–Trinajstić information content (AvgIpc) is 3.09. The SMILES string of the molecule is Nc1cccc(CN2CCN(C(=O)c3ccc4c(c3)OCO4)CC2)c1. The number of nitrogen functional groups attached to an aromatic ring is 1. The smallest absolute Gasteiger partial charge is 0.254 e. The maximum atomic E-state index is 12.7. The first-order chi connectivity index (χ1) is 12.2. The Balaban J connectivity index is 1.36. The van der Waals surface area contributed by atoms with E-state index in [9.17, 15) is 4.79 Å². The largest absolute Gasteiger partial charge is 0.454 e. The van der Waals surface area contributed by atoms with E-state index in [1.54, 1.807) is 18.2 Å². The first-order valence-corrected chi connectivity index (χ1v) is 8.45. The van der Waals surface area contributed by atoms with Gasteiger partial charge in [0.1, 0.15) is 0 Å². The van der Waals surface area contributed by atoms with Gasteiger partial charge < -0.3 is 20.1 Å². The van der Waals surface area contributed by atoms with Crippen LogP contribution in [-0.2, 0) is 6.54 Å². The second-order valence-electron chi connectivity index (χ2n) is 6.38. The number of carbonyl (C=O) groups is 1. The van der Waals surface area contributed by atoms with E-state index < -0.39 is 0 Å². The minimum absolute atomic E-state index is 0.0434. The van der Waals surface area contributed by atoms with Gasteiger partial charge in [0.2, 0.25) is 6.79 Å². The van der Waals surface area contributed by atoms with Gasteiger partial charge >= 0.3 is 0 Å². The topological polar surface area (TPSA) is 68.0 Å². The van der Waals surface area contributed by atoms with E-state index in [-0.39, 0.29) is 12.7 Å². The van der Waals surface area contributed by atoms with Crippen molar-refractivity contribution < 1.29 is 14.3 Å². The highest BCUT2D eigenvalue weighted by molar-refractivity contribution is 5.95. The van der Waals surface area contributed by atoms with E-state index >= 15 is 0 Å². The fraction of sp³-hybridized carbons (Fsp3) is 0.316. The van der Waals surface area contributed by atoms with Crippen molar-refractivity contribution in [2.45, 2.75) is 6.54 Å². The normalized spacial score (nSPS) is 16.9. The van der Waals surface area contributed by atoms with Crippen LogP contribution in [0.2, 0.25) is 0 Å². The molecule has 1 amide bonds. The first kappa shape index (κ1) is 15.8. The monoisotopic (exact) mass is 339 g/mol. The Morgan fingerprint density at radius 3 is 2.60 bits per heavy atom. The molecule has 2 aromatic carbocycles. The number of rotatable bonds is 3. The lowest BCUT2D eigenvalue weighted by Gasteiger charge is -2.34. The number of nitrogens with two attached hydrogens (primary N) is 1. The maximum absolute atomic E-state index is 12.7. The summed E-state index contributed by atoms with van der Waals surface area (Å²) in [7, 11) is 0. The number of ether oxygens (including phenoxy) is 2. The fourth-order valence-corrected chi connectivity index (χ4v) is 3.27. The quantitative estimate of drug-likeness (QED) is 0.866. The lowest BCUT2D eigenvalue weighted by atomic mass is 10.1. The summed E-state index contributed by atoms with van der Waals surface area (Å²) in [6.45, 7) is 4.22. The molecule has 4 rings (SSSR count). The van der Waals surface area contributed by atoms with Gasteiger partial charge in [-0.05, 0) is 35.9 Å². The van der Waals surface area contributed by atoms with Crippen molar-refractivity contribution in [2.75, 3.05) is 38.7 Å². The van der Waals surface area contributed by atoms with Gasteiger partial charge in [0.05, 0.1) is 0 Å². The van der Waals surface area contributed by atoms with E-state index in [1.165, 1.54) is 5.56 Å². The maximum Gasteiger partial charge on any atom is 0.254 e. The molecule has 1 fully saturated rings. The van der Waals surface area contributed by atoms with Gasteiger partial charge in [0.15, 0.2) is 11.5 Å². The molecule has 2 N–H and O–H groups in total. The Morgan fingerprint density at radius 1 is 1.00 bits per heavy atom. The van der Waals surface area contributed by atoms with Crippen molar-refractivity contribution in [3.63, 3.8) is 0 Å². The zero-order chi connectivity index (χ0) is 17.2. The van der Waals surface area contributed by atoms with Gasteiger partial charge in [0, 0.05) is 44.0 Å². The Kier molecular flexibility index (Phi) is 4.19. The van der Waals surface area contributed by atoms with Crippen LogP contribution in [0.1, 0.15) is 15.9 Å². The first-order valence-electron chi connectivity index (χ1n) is 8.45. The third kappa shape index (κ3) is 3.39. The van der Waals surface area contributed by atoms with Crippen LogP contribution < -0.4 is 15.2 Å². The summed E-state index contributed by atoms with van der Waals surface area (Å²) in [5.41, 5.74) is 8.48. The van der Waals surface area contributed by atoms with E-state index in [2.05, 4.69) is 11.0 Å². The molecular formula is C19H21N3O3. The molecule has 1 saturated heterocycles. The van der Waals surface area contributed by atoms with E-state index in [0.29, 0.717) is 17.1 Å². The van der Waals surface area contributed by atoms with E-state index in [1.807, 2.05) is 23.1 Å². The van der Waals surface area contributed by atoms with Crippen LogP contribution in [0.5, 0.6) is 11.5 Å². The molecule has 25 heavy (non-hydrogen) atoms. The Hall–Kier alpha value is -2.73. The third-order valence-corrected chi connectivity index (χ3v) is 4.64. The lowest BCUT2D eigenvalue weighted by Crippen LogP contribution is -2.48. The third-order valence-electron chi connectivity index (χ3n) is 4.64. The molecule has 2 aromatic rings. The number of nitrogens with zero attached hydrogens (tertiary/aromatic N) is 2. The standard InChI is InChI=1S/C19H21N3O3/c20-16-3-1-2-14(10-16)12-21-6-8-22(9-7-21)19(23)15-4-5-17-18(11-15)25-13-24-17/h1-5,10-11H,6-9,12-13,20H2. The average molecular weight is 339 g/mol. The van der Waals surface area contributed by atoms with Crippen LogP contribution in [0, 0.1) is 0 Å². The van der Waals surface area contributed by atoms with Gasteiger partial charge in [-0.3, -0.25) is 9.69 Å². The van der Waals surface area contributed by atoms with Crippen molar-refractivity contribution in [3.8, 4) is 11.5 Å². The number of hydrogen-bond acceptors (Lipinski definition) is 5. The highest BCUT2D eigenvalue weighted by atomic mass is 16.7. The number of hydrogen-bond donors (Lipinski definition) is 1. The van der Waals surface area contributed by atoms with Crippen LogP contribution >= 0.6 is 0 Å². The molecule has 6 nitrogen and oxygen atoms in total. The number of carbonyl (C=O) groups excluding carboxylic acids is 1. The van der Waals surface area contributed by atoms with Gasteiger partial charge in [-0.25, -0.2) is 0 Å². The summed E-state index contributed by atoms with van der Waals surface area (Å²) in [6, 6.07) is 13.3. The number of benzene rings is 2. The molecule has 0 aliphatic carbocycles. The summed E-state index contributed by atoms with van der Waals surface area (Å²) >= 11 is 0. The number of anilines is 1. The highest BCUT2D eigenvalue weighted by Gasteiger charge is 2.24. The predicted molar refractivity (Wildman–Crippen MR) is 94.6 cm³/mol. The van der Waals surface area contributed by atoms with Crippen molar-refractivity contribution in [1.29, 1.82) is 0 Å². The van der Waals surface area contributed by atoms with Crippen LogP contribution in [-0.4, -0.2) is 48.7 Å². The fourth-order valence-electron chi connectivity index (χ4n) is 3.27. The molecule has 0 saturated carbocycles. The van der Waals surface area contributed by atoms with Gasteiger partial charge in [-0.2, -0.15) is 0 Å². The second-order valence-corrected chi connectivity index (χ2v) is 6.38. The number of piperazine rings is 1. The molecule has 0 bridgehead atoms. The molecule has 0 spiro atoms. The van der Waals surface area contributed by atoms with Crippen molar-refractivity contribution in [2.24, 2.45) is 0 Å². The van der Waals surface area contributed by atoms with E-state index in [0.717, 1.165) is 38.4 Å². The van der Waals surface area contributed by atoms with Crippen molar-refractivity contribution in [3.05, 3.63) is 53.6 Å². The molecular weight excluding hydrogens is 318 g/mol. The number of amides is 1. The molecule has 6 heteroatoms. The zero-order valence-corrected chi connectivity index (χ0v) is 14.0. The van der Waals surface area contributed by atoms with Gasteiger partial charge in [-0.15, -0.1) is 0 Å². The Labute approximate surface area is 146 Å². The molecule has 0 atom stereocenters. The molecule has 2 aliphatic rings. The van der Waals surface area contributed by atoms with Crippen LogP contribution in [0.3, 0.4) is 0 Å². The molecule has 0 unspecified atom stereocenters. The van der Waals surface area contributed by atoms with Gasteiger partial charge in [0.25, 0.3) is 5.91 Å². The number of fused-ring (bicyclic) bond motifs is 1. The molecule has 130 valence electrons. The molecule has 0 radical (unpaired) electrons. The molecule has 2 heterocycles. The Morgan fingerprint density at radius 2 is 1.80 bits per heavy atom. The Bertz CT molecular complexity index is 785. The van der Waals surface area contributed by atoms with E-state index in [4.69, 9.17) is 15.2 Å². The molecule has 2 aliphatic heterocycles. The zero-order valence-electron chi connectivity index (χ0n) is 14.0. The van der Waals surface area contributed by atoms with Crippen molar-refractivity contribution in [1.82, 2.24) is 9.80 Å². The summed E-state index contributed by atoms with van der Waals surface area (Å²) in [5, 5.41) is 0. The van der Waals surface area contributed by atoms with Crippen LogP contribution in [0.4, 0.5) is 5.69 Å². The van der Waals surface area contributed by atoms with Crippen LogP contribution in [0.15, 0.2) is 42.5 Å². The predicted octanol–water partition coefficient (Wildman–Crippen LogP) is 1.96. The summed E-state index contributed by atoms with van der Waals surface area (Å²) in [4.78, 5) is 16.9. The second kappa shape index (κ2) is 6.64. The summed E-state index contributed by atoms with van der Waals surface area (Å²) in [6.07, 6.45) is 0. The lowest BCUT2D eigenvalue weighted by molar-refractivity contribution is 0.0628. The summed E-state index contributed by atoms with van der Waals surface area (Å²) < 4.78 is 10.7.